The number of hydrogen-bond acceptors (Lipinski definition) is 3. The van der Waals surface area contributed by atoms with Crippen molar-refractivity contribution >= 4 is 11.6 Å². The lowest BCUT2D eigenvalue weighted by Gasteiger charge is -2.27. The molecule has 0 saturated heterocycles. The van der Waals surface area contributed by atoms with E-state index in [0.29, 0.717) is 47.5 Å². The van der Waals surface area contributed by atoms with Crippen LogP contribution < -0.4 is 0 Å². The molecule has 3 nitrogen and oxygen atoms in total. The second-order valence-corrected chi connectivity index (χ2v) is 12.4. The summed E-state index contributed by atoms with van der Waals surface area (Å²) in [6.45, 7) is 20.5. The fraction of sp³-hybridized carbons (Fsp3) is 0.750. The van der Waals surface area contributed by atoms with E-state index >= 15 is 0 Å². The fourth-order valence-corrected chi connectivity index (χ4v) is 5.15. The molecular formula is C32H54O3. The molecule has 0 spiro atoms. The van der Waals surface area contributed by atoms with E-state index < -0.39 is 5.60 Å². The number of Topliss-reactive ketones (excluding diaryl/α,β-unsaturated/α-hetero) is 2. The summed E-state index contributed by atoms with van der Waals surface area (Å²) in [5.41, 5.74) is 2.28. The first-order valence-corrected chi connectivity index (χ1v) is 14.1. The molecule has 3 atom stereocenters. The van der Waals surface area contributed by atoms with E-state index in [0.717, 1.165) is 36.7 Å². The topological polar surface area (TPSA) is 54.4 Å². The lowest BCUT2D eigenvalue weighted by molar-refractivity contribution is -0.116. The van der Waals surface area contributed by atoms with Crippen LogP contribution in [0.4, 0.5) is 0 Å². The van der Waals surface area contributed by atoms with Crippen LogP contribution in [-0.2, 0) is 9.59 Å². The highest BCUT2D eigenvalue weighted by molar-refractivity contribution is 6.24. The quantitative estimate of drug-likeness (QED) is 0.165. The zero-order chi connectivity index (χ0) is 26.8. The molecule has 1 rings (SSSR count). The summed E-state index contributed by atoms with van der Waals surface area (Å²) >= 11 is 0. The van der Waals surface area contributed by atoms with E-state index in [9.17, 15) is 14.7 Å². The predicted octanol–water partition coefficient (Wildman–Crippen LogP) is 8.71. The summed E-state index contributed by atoms with van der Waals surface area (Å²) in [5.74, 6) is 2.23. The highest BCUT2D eigenvalue weighted by Gasteiger charge is 2.31. The number of carbonyl (C=O) groups excluding carboxylic acids is 2. The summed E-state index contributed by atoms with van der Waals surface area (Å²) in [7, 11) is 0. The van der Waals surface area contributed by atoms with Crippen molar-refractivity contribution in [2.45, 2.75) is 138 Å². The Hall–Kier alpha value is -1.48. The van der Waals surface area contributed by atoms with Crippen LogP contribution in [-0.4, -0.2) is 22.3 Å². The lowest BCUT2D eigenvalue weighted by Crippen LogP contribution is -2.27. The van der Waals surface area contributed by atoms with Crippen molar-refractivity contribution in [3.05, 3.63) is 34.4 Å². The Morgan fingerprint density at radius 3 is 1.74 bits per heavy atom. The Morgan fingerprint density at radius 2 is 1.26 bits per heavy atom. The maximum absolute atomic E-state index is 13.0. The number of allylic oxidation sites excluding steroid dienone is 5. The van der Waals surface area contributed by atoms with Gasteiger partial charge >= 0.3 is 0 Å². The zero-order valence-electron chi connectivity index (χ0n) is 24.2. The standard InChI is InChI=1S/C32H54O3/c1-22(2)13-10-14-24(5)15-11-16-25(6)17-12-19-32(9,35)20-18-28-29(21-23(3)4)31(34)27(8)26(7)30(28)33/h22,24-25,35H,3,10-21H2,1-2,4-9H3/t24-,25-,32-/m1/s1. The zero-order valence-corrected chi connectivity index (χ0v) is 24.2. The number of carbonyl (C=O) groups is 2. The molecule has 1 aliphatic rings. The third-order valence-electron chi connectivity index (χ3n) is 7.83. The molecule has 3 heteroatoms. The minimum Gasteiger partial charge on any atom is -0.390 e. The van der Waals surface area contributed by atoms with E-state index in [1.807, 2.05) is 13.8 Å². The van der Waals surface area contributed by atoms with Gasteiger partial charge in [0.05, 0.1) is 5.60 Å². The van der Waals surface area contributed by atoms with E-state index in [1.165, 1.54) is 38.5 Å². The van der Waals surface area contributed by atoms with Gasteiger partial charge < -0.3 is 5.11 Å². The molecule has 0 unspecified atom stereocenters. The highest BCUT2D eigenvalue weighted by Crippen LogP contribution is 2.33. The van der Waals surface area contributed by atoms with Gasteiger partial charge in [0.1, 0.15) is 0 Å². The minimum absolute atomic E-state index is 0.0391. The van der Waals surface area contributed by atoms with Crippen molar-refractivity contribution in [2.24, 2.45) is 17.8 Å². The van der Waals surface area contributed by atoms with Crippen molar-refractivity contribution in [1.29, 1.82) is 0 Å². The van der Waals surface area contributed by atoms with Crippen LogP contribution in [0.3, 0.4) is 0 Å². The van der Waals surface area contributed by atoms with Crippen LogP contribution in [0.2, 0.25) is 0 Å². The van der Waals surface area contributed by atoms with Crippen LogP contribution in [0.1, 0.15) is 132 Å². The van der Waals surface area contributed by atoms with Gasteiger partial charge in [-0.1, -0.05) is 91.2 Å². The van der Waals surface area contributed by atoms with Crippen molar-refractivity contribution in [3.8, 4) is 0 Å². The average Bonchev–Trinajstić information content (AvgIpc) is 2.75. The van der Waals surface area contributed by atoms with Gasteiger partial charge in [-0.15, -0.1) is 0 Å². The second kappa shape index (κ2) is 14.9. The van der Waals surface area contributed by atoms with Crippen LogP contribution in [0.15, 0.2) is 34.4 Å². The van der Waals surface area contributed by atoms with Crippen LogP contribution in [0, 0.1) is 17.8 Å². The summed E-state index contributed by atoms with van der Waals surface area (Å²) in [6.07, 6.45) is 12.1. The Bertz CT molecular complexity index is 794. The molecule has 1 aliphatic carbocycles. The van der Waals surface area contributed by atoms with Crippen molar-refractivity contribution < 1.29 is 14.7 Å². The molecule has 0 aromatic heterocycles. The smallest absolute Gasteiger partial charge is 0.185 e. The summed E-state index contributed by atoms with van der Waals surface area (Å²) in [4.78, 5) is 25.8. The molecule has 0 aromatic carbocycles. The summed E-state index contributed by atoms with van der Waals surface area (Å²) in [5, 5.41) is 11.0. The second-order valence-electron chi connectivity index (χ2n) is 12.4. The molecule has 0 fully saturated rings. The summed E-state index contributed by atoms with van der Waals surface area (Å²) in [6, 6.07) is 0. The first-order chi connectivity index (χ1) is 16.2. The number of aliphatic hydroxyl groups is 1. The maximum atomic E-state index is 13.0. The van der Waals surface area contributed by atoms with Gasteiger partial charge in [-0.2, -0.15) is 0 Å². The van der Waals surface area contributed by atoms with E-state index in [4.69, 9.17) is 0 Å². The lowest BCUT2D eigenvalue weighted by atomic mass is 9.79. The molecule has 1 N–H and O–H groups in total. The first kappa shape index (κ1) is 31.5. The molecule has 0 aromatic rings. The van der Waals surface area contributed by atoms with Crippen LogP contribution >= 0.6 is 0 Å². The SMILES string of the molecule is C=C(C)CC1=C(CC[C@](C)(O)CCC[C@H](C)CCC[C@H](C)CCCC(C)C)C(=O)C(C)=C(C)C1=O. The number of ketones is 2. The van der Waals surface area contributed by atoms with Gasteiger partial charge in [0, 0.05) is 22.3 Å². The number of hydrogen-bond donors (Lipinski definition) is 1. The van der Waals surface area contributed by atoms with Gasteiger partial charge in [-0.05, 0) is 71.1 Å². The maximum Gasteiger partial charge on any atom is 0.185 e. The average molecular weight is 487 g/mol. The van der Waals surface area contributed by atoms with Crippen molar-refractivity contribution in [3.63, 3.8) is 0 Å². The Morgan fingerprint density at radius 1 is 0.800 bits per heavy atom. The molecule has 35 heavy (non-hydrogen) atoms. The van der Waals surface area contributed by atoms with Gasteiger partial charge in [0.25, 0.3) is 0 Å². The molecule has 200 valence electrons. The molecule has 0 bridgehead atoms. The number of rotatable bonds is 17. The molecule has 0 heterocycles. The molecule has 0 radical (unpaired) electrons. The summed E-state index contributed by atoms with van der Waals surface area (Å²) < 4.78 is 0. The fourth-order valence-electron chi connectivity index (χ4n) is 5.15. The van der Waals surface area contributed by atoms with Crippen LogP contribution in [0.5, 0.6) is 0 Å². The van der Waals surface area contributed by atoms with Gasteiger partial charge in [-0.3, -0.25) is 9.59 Å². The highest BCUT2D eigenvalue weighted by atomic mass is 16.3. The van der Waals surface area contributed by atoms with Gasteiger partial charge in [-0.25, -0.2) is 0 Å². The van der Waals surface area contributed by atoms with Gasteiger partial charge in [0.15, 0.2) is 11.6 Å². The predicted molar refractivity (Wildman–Crippen MR) is 149 cm³/mol. The monoisotopic (exact) mass is 486 g/mol. The Kier molecular flexibility index (Phi) is 13.5. The van der Waals surface area contributed by atoms with Crippen LogP contribution in [0.25, 0.3) is 0 Å². The molecule has 0 aliphatic heterocycles. The van der Waals surface area contributed by atoms with E-state index in [-0.39, 0.29) is 11.6 Å². The van der Waals surface area contributed by atoms with E-state index in [2.05, 4.69) is 34.3 Å². The normalized spacial score (nSPS) is 18.3. The molecular weight excluding hydrogens is 432 g/mol. The third kappa shape index (κ3) is 11.4. The molecule has 0 amide bonds. The first-order valence-electron chi connectivity index (χ1n) is 14.1. The Labute approximate surface area is 216 Å². The molecule has 0 saturated carbocycles. The van der Waals surface area contributed by atoms with Gasteiger partial charge in [0.2, 0.25) is 0 Å². The third-order valence-corrected chi connectivity index (χ3v) is 7.83. The van der Waals surface area contributed by atoms with E-state index in [1.54, 1.807) is 13.8 Å². The van der Waals surface area contributed by atoms with Crippen molar-refractivity contribution in [1.82, 2.24) is 0 Å². The largest absolute Gasteiger partial charge is 0.390 e. The minimum atomic E-state index is -0.834. The Balaban J connectivity index is 2.49. The van der Waals surface area contributed by atoms with Crippen molar-refractivity contribution in [2.75, 3.05) is 0 Å².